The number of rotatable bonds is 4. The molecule has 5 nitrogen and oxygen atoms in total. The maximum absolute atomic E-state index is 12.1. The lowest BCUT2D eigenvalue weighted by molar-refractivity contribution is 0.287. The fourth-order valence-electron chi connectivity index (χ4n) is 1.91. The molecule has 22 heavy (non-hydrogen) atoms. The fourth-order valence-corrected chi connectivity index (χ4v) is 2.42. The normalized spacial score (nSPS) is 10.3. The minimum absolute atomic E-state index is 0.100. The number of aryl methyl sites for hydroxylation is 1. The molecule has 2 rings (SSSR count). The molecule has 0 fully saturated rings. The standard InChI is InChI=1S/C15H13Cl2N3O2/c1-9-10(2)19-20(15(21)11(9)8-18)6-7-22-14-12(16)4-3-5-13(14)17/h3-5H,6-7H2,1-2H3. The summed E-state index contributed by atoms with van der Waals surface area (Å²) in [5.74, 6) is 0.364. The molecular weight excluding hydrogens is 325 g/mol. The molecule has 0 aliphatic heterocycles. The summed E-state index contributed by atoms with van der Waals surface area (Å²) < 4.78 is 6.74. The first-order chi connectivity index (χ1) is 10.5. The quantitative estimate of drug-likeness (QED) is 0.859. The molecule has 0 N–H and O–H groups in total. The van der Waals surface area contributed by atoms with Crippen LogP contribution >= 0.6 is 23.2 Å². The lowest BCUT2D eigenvalue weighted by Crippen LogP contribution is -2.29. The summed E-state index contributed by atoms with van der Waals surface area (Å²) >= 11 is 12.0. The van der Waals surface area contributed by atoms with Crippen LogP contribution < -0.4 is 10.3 Å². The van der Waals surface area contributed by atoms with Gasteiger partial charge in [-0.15, -0.1) is 0 Å². The molecule has 2 aromatic rings. The smallest absolute Gasteiger partial charge is 0.285 e. The van der Waals surface area contributed by atoms with Crippen molar-refractivity contribution in [3.05, 3.63) is 55.4 Å². The van der Waals surface area contributed by atoms with Crippen molar-refractivity contribution in [2.45, 2.75) is 20.4 Å². The summed E-state index contributed by atoms with van der Waals surface area (Å²) in [6.07, 6.45) is 0. The Hall–Kier alpha value is -2.03. The van der Waals surface area contributed by atoms with Gasteiger partial charge in [0.25, 0.3) is 5.56 Å². The zero-order valence-electron chi connectivity index (χ0n) is 12.1. The molecule has 0 atom stereocenters. The number of hydrogen-bond acceptors (Lipinski definition) is 4. The van der Waals surface area contributed by atoms with E-state index >= 15 is 0 Å². The lowest BCUT2D eigenvalue weighted by Gasteiger charge is -2.12. The second-order valence-electron chi connectivity index (χ2n) is 4.62. The second kappa shape index (κ2) is 6.82. The van der Waals surface area contributed by atoms with Gasteiger partial charge in [0, 0.05) is 0 Å². The number of halogens is 2. The molecule has 0 bridgehead atoms. The third kappa shape index (κ3) is 3.24. The Morgan fingerprint density at radius 1 is 1.32 bits per heavy atom. The van der Waals surface area contributed by atoms with Crippen LogP contribution in [0.4, 0.5) is 0 Å². The summed E-state index contributed by atoms with van der Waals surface area (Å²) in [5, 5.41) is 14.0. The van der Waals surface area contributed by atoms with Crippen molar-refractivity contribution in [3.63, 3.8) is 0 Å². The Balaban J connectivity index is 2.18. The third-order valence-corrected chi connectivity index (χ3v) is 3.81. The summed E-state index contributed by atoms with van der Waals surface area (Å²) in [6.45, 7) is 3.80. The molecule has 114 valence electrons. The van der Waals surface area contributed by atoms with E-state index in [0.29, 0.717) is 27.1 Å². The van der Waals surface area contributed by atoms with Crippen LogP contribution in [-0.4, -0.2) is 16.4 Å². The predicted molar refractivity (Wildman–Crippen MR) is 84.6 cm³/mol. The Labute approximate surface area is 137 Å². The van der Waals surface area contributed by atoms with Crippen LogP contribution in [0, 0.1) is 25.2 Å². The highest BCUT2D eigenvalue weighted by atomic mass is 35.5. The van der Waals surface area contributed by atoms with Crippen molar-refractivity contribution in [1.82, 2.24) is 9.78 Å². The van der Waals surface area contributed by atoms with Crippen LogP contribution in [0.3, 0.4) is 0 Å². The lowest BCUT2D eigenvalue weighted by atomic mass is 10.1. The average Bonchev–Trinajstić information content (AvgIpc) is 2.48. The molecule has 0 aliphatic carbocycles. The van der Waals surface area contributed by atoms with E-state index in [0.717, 1.165) is 0 Å². The van der Waals surface area contributed by atoms with Gasteiger partial charge in [-0.1, -0.05) is 29.3 Å². The highest BCUT2D eigenvalue weighted by Gasteiger charge is 2.12. The van der Waals surface area contributed by atoms with E-state index in [-0.39, 0.29) is 18.7 Å². The first-order valence-electron chi connectivity index (χ1n) is 6.51. The van der Waals surface area contributed by atoms with Gasteiger partial charge in [-0.3, -0.25) is 4.79 Å². The van der Waals surface area contributed by atoms with Crippen molar-refractivity contribution < 1.29 is 4.74 Å². The van der Waals surface area contributed by atoms with Crippen LogP contribution in [0.2, 0.25) is 10.0 Å². The van der Waals surface area contributed by atoms with Crippen LogP contribution in [0.15, 0.2) is 23.0 Å². The Morgan fingerprint density at radius 3 is 2.55 bits per heavy atom. The zero-order valence-corrected chi connectivity index (χ0v) is 13.6. The number of nitrogens with zero attached hydrogens (tertiary/aromatic N) is 3. The molecular formula is C15H13Cl2N3O2. The Bertz CT molecular complexity index is 789. The van der Waals surface area contributed by atoms with Gasteiger partial charge >= 0.3 is 0 Å². The van der Waals surface area contributed by atoms with Gasteiger partial charge in [-0.25, -0.2) is 4.68 Å². The number of hydrogen-bond donors (Lipinski definition) is 0. The molecule has 0 radical (unpaired) electrons. The van der Waals surface area contributed by atoms with Crippen molar-refractivity contribution in [2.24, 2.45) is 0 Å². The Kier molecular flexibility index (Phi) is 5.07. The number of ether oxygens (including phenoxy) is 1. The number of benzene rings is 1. The number of nitriles is 1. The molecule has 0 saturated carbocycles. The minimum atomic E-state index is -0.431. The SMILES string of the molecule is Cc1nn(CCOc2c(Cl)cccc2Cl)c(=O)c(C#N)c1C. The molecule has 0 amide bonds. The van der Waals surface area contributed by atoms with Crippen LogP contribution in [0.1, 0.15) is 16.8 Å². The van der Waals surface area contributed by atoms with E-state index in [1.54, 1.807) is 32.0 Å². The molecule has 0 saturated heterocycles. The largest absolute Gasteiger partial charge is 0.489 e. The maximum atomic E-state index is 12.1. The number of aromatic nitrogens is 2. The van der Waals surface area contributed by atoms with Crippen molar-refractivity contribution in [1.29, 1.82) is 5.26 Å². The summed E-state index contributed by atoms with van der Waals surface area (Å²) in [5.41, 5.74) is 0.897. The van der Waals surface area contributed by atoms with Gasteiger partial charge in [0.2, 0.25) is 0 Å². The van der Waals surface area contributed by atoms with Gasteiger partial charge < -0.3 is 4.74 Å². The van der Waals surface area contributed by atoms with Crippen LogP contribution in [0.5, 0.6) is 5.75 Å². The van der Waals surface area contributed by atoms with Gasteiger partial charge in [0.15, 0.2) is 5.75 Å². The van der Waals surface area contributed by atoms with Gasteiger partial charge in [-0.05, 0) is 31.5 Å². The Morgan fingerprint density at radius 2 is 1.95 bits per heavy atom. The highest BCUT2D eigenvalue weighted by molar-refractivity contribution is 6.37. The fraction of sp³-hybridized carbons (Fsp3) is 0.267. The molecule has 1 aromatic carbocycles. The van der Waals surface area contributed by atoms with Crippen molar-refractivity contribution in [3.8, 4) is 11.8 Å². The van der Waals surface area contributed by atoms with E-state index in [1.807, 2.05) is 6.07 Å². The van der Waals surface area contributed by atoms with Crippen LogP contribution in [-0.2, 0) is 6.54 Å². The third-order valence-electron chi connectivity index (χ3n) is 3.22. The van der Waals surface area contributed by atoms with Crippen LogP contribution in [0.25, 0.3) is 0 Å². The summed E-state index contributed by atoms with van der Waals surface area (Å²) in [7, 11) is 0. The predicted octanol–water partition coefficient (Wildman–Crippen LogP) is 3.12. The van der Waals surface area contributed by atoms with E-state index in [1.165, 1.54) is 4.68 Å². The molecule has 0 spiro atoms. The summed E-state index contributed by atoms with van der Waals surface area (Å²) in [4.78, 5) is 12.1. The van der Waals surface area contributed by atoms with Crippen molar-refractivity contribution >= 4 is 23.2 Å². The zero-order chi connectivity index (χ0) is 16.3. The second-order valence-corrected chi connectivity index (χ2v) is 5.44. The van der Waals surface area contributed by atoms with E-state index in [2.05, 4.69) is 5.10 Å². The van der Waals surface area contributed by atoms with Gasteiger partial charge in [-0.2, -0.15) is 10.4 Å². The monoisotopic (exact) mass is 337 g/mol. The van der Waals surface area contributed by atoms with E-state index in [9.17, 15) is 4.79 Å². The van der Waals surface area contributed by atoms with Gasteiger partial charge in [0.05, 0.1) is 22.3 Å². The molecule has 1 heterocycles. The molecule has 1 aromatic heterocycles. The molecule has 0 aliphatic rings. The van der Waals surface area contributed by atoms with Crippen molar-refractivity contribution in [2.75, 3.05) is 6.61 Å². The van der Waals surface area contributed by atoms with E-state index < -0.39 is 5.56 Å². The average molecular weight is 338 g/mol. The molecule has 0 unspecified atom stereocenters. The van der Waals surface area contributed by atoms with Gasteiger partial charge in [0.1, 0.15) is 18.2 Å². The maximum Gasteiger partial charge on any atom is 0.285 e. The minimum Gasteiger partial charge on any atom is -0.489 e. The summed E-state index contributed by atoms with van der Waals surface area (Å²) in [6, 6.07) is 6.96. The number of para-hydroxylation sites is 1. The molecule has 7 heteroatoms. The first-order valence-corrected chi connectivity index (χ1v) is 7.26. The first kappa shape index (κ1) is 16.3. The van der Waals surface area contributed by atoms with E-state index in [4.69, 9.17) is 33.2 Å². The topological polar surface area (TPSA) is 67.9 Å². The highest BCUT2D eigenvalue weighted by Crippen LogP contribution is 2.32.